The van der Waals surface area contributed by atoms with Crippen LogP contribution in [-0.4, -0.2) is 49.4 Å². The number of nitrogens with zero attached hydrogens (tertiary/aromatic N) is 3. The number of nitriles is 1. The molecule has 0 unspecified atom stereocenters. The molecule has 2 heterocycles. The topological polar surface area (TPSA) is 84.7 Å². The van der Waals surface area contributed by atoms with E-state index < -0.39 is 5.97 Å². The summed E-state index contributed by atoms with van der Waals surface area (Å²) < 4.78 is 16.6. The Balaban J connectivity index is 1.74. The summed E-state index contributed by atoms with van der Waals surface area (Å²) in [4.78, 5) is 19.6. The van der Waals surface area contributed by atoms with Crippen molar-refractivity contribution in [3.05, 3.63) is 64.8 Å². The van der Waals surface area contributed by atoms with Crippen molar-refractivity contribution in [3.8, 4) is 34.4 Å². The Hall–Kier alpha value is -3.54. The van der Waals surface area contributed by atoms with Crippen LogP contribution < -0.4 is 14.2 Å². The van der Waals surface area contributed by atoms with E-state index in [0.717, 1.165) is 40.9 Å². The number of hydrogen-bond donors (Lipinski definition) is 0. The van der Waals surface area contributed by atoms with E-state index in [4.69, 9.17) is 19.2 Å². The van der Waals surface area contributed by atoms with Crippen molar-refractivity contribution in [1.29, 1.82) is 5.26 Å². The molecule has 0 fully saturated rings. The van der Waals surface area contributed by atoms with Crippen molar-refractivity contribution >= 4 is 17.7 Å². The van der Waals surface area contributed by atoms with Crippen LogP contribution >= 0.6 is 11.8 Å². The van der Waals surface area contributed by atoms with Crippen molar-refractivity contribution in [2.75, 3.05) is 33.6 Å². The van der Waals surface area contributed by atoms with E-state index in [1.54, 1.807) is 20.3 Å². The quantitative estimate of drug-likeness (QED) is 0.270. The Morgan fingerprint density at radius 2 is 2.00 bits per heavy atom. The highest BCUT2D eigenvalue weighted by Gasteiger charge is 2.27. The van der Waals surface area contributed by atoms with Crippen LogP contribution in [0.2, 0.25) is 0 Å². The third-order valence-electron chi connectivity index (χ3n) is 5.84. The third kappa shape index (κ3) is 5.42. The fraction of sp³-hybridized carbons (Fsp3) is 0.296. The summed E-state index contributed by atoms with van der Waals surface area (Å²) in [5.74, 6) is 1.43. The molecule has 0 spiro atoms. The SMILES string of the molecule is COc1ccc(OC)c(-c2c(C#N)c(SCC(=O)Oc3cccc(C)c3)nc3c2CN(C)CC3)c1. The van der Waals surface area contributed by atoms with Crippen LogP contribution in [0.4, 0.5) is 0 Å². The molecule has 0 saturated heterocycles. The molecule has 4 rings (SSSR count). The average molecular weight is 490 g/mol. The van der Waals surface area contributed by atoms with E-state index in [-0.39, 0.29) is 5.75 Å². The van der Waals surface area contributed by atoms with Crippen LogP contribution in [0.25, 0.3) is 11.1 Å². The van der Waals surface area contributed by atoms with E-state index in [1.807, 2.05) is 50.4 Å². The number of ether oxygens (including phenoxy) is 3. The molecule has 1 aromatic heterocycles. The summed E-state index contributed by atoms with van der Waals surface area (Å²) in [6.45, 7) is 3.46. The maximum atomic E-state index is 12.6. The largest absolute Gasteiger partial charge is 0.497 e. The minimum Gasteiger partial charge on any atom is -0.497 e. The highest BCUT2D eigenvalue weighted by atomic mass is 32.2. The van der Waals surface area contributed by atoms with Gasteiger partial charge in [-0.2, -0.15) is 5.26 Å². The molecule has 0 aliphatic carbocycles. The van der Waals surface area contributed by atoms with Crippen LogP contribution in [-0.2, 0) is 17.8 Å². The molecule has 8 heteroatoms. The van der Waals surface area contributed by atoms with Gasteiger partial charge in [0.1, 0.15) is 28.3 Å². The first kappa shape index (κ1) is 24.6. The van der Waals surface area contributed by atoms with Crippen LogP contribution in [0.1, 0.15) is 22.4 Å². The minimum atomic E-state index is -0.399. The van der Waals surface area contributed by atoms with Crippen LogP contribution in [0.15, 0.2) is 47.5 Å². The second-order valence-corrected chi connectivity index (χ2v) is 9.30. The predicted molar refractivity (Wildman–Crippen MR) is 135 cm³/mol. The zero-order valence-electron chi connectivity index (χ0n) is 20.3. The normalized spacial score (nSPS) is 13.0. The number of rotatable bonds is 7. The number of likely N-dealkylation sites (N-methyl/N-ethyl adjacent to an activating group) is 1. The van der Waals surface area contributed by atoms with Gasteiger partial charge in [0.2, 0.25) is 0 Å². The van der Waals surface area contributed by atoms with Gasteiger partial charge in [-0.1, -0.05) is 23.9 Å². The monoisotopic (exact) mass is 489 g/mol. The summed E-state index contributed by atoms with van der Waals surface area (Å²) in [5, 5.41) is 10.8. The van der Waals surface area contributed by atoms with Crippen molar-refractivity contribution < 1.29 is 19.0 Å². The fourth-order valence-electron chi connectivity index (χ4n) is 4.15. The molecule has 0 bridgehead atoms. The average Bonchev–Trinajstić information content (AvgIpc) is 2.86. The molecular formula is C27H27N3O4S. The zero-order chi connectivity index (χ0) is 24.9. The molecule has 0 atom stereocenters. The van der Waals surface area contributed by atoms with Gasteiger partial charge < -0.3 is 19.1 Å². The smallest absolute Gasteiger partial charge is 0.321 e. The number of aryl methyl sites for hydroxylation is 1. The number of fused-ring (bicyclic) bond motifs is 1. The number of pyridine rings is 1. The molecule has 7 nitrogen and oxygen atoms in total. The van der Waals surface area contributed by atoms with Crippen molar-refractivity contribution in [3.63, 3.8) is 0 Å². The number of aromatic nitrogens is 1. The summed E-state index contributed by atoms with van der Waals surface area (Å²) in [6, 6.07) is 15.2. The lowest BCUT2D eigenvalue weighted by molar-refractivity contribution is -0.131. The van der Waals surface area contributed by atoms with E-state index in [9.17, 15) is 10.1 Å². The number of thioether (sulfide) groups is 1. The van der Waals surface area contributed by atoms with Crippen molar-refractivity contribution in [2.24, 2.45) is 0 Å². The molecule has 180 valence electrons. The molecule has 2 aromatic carbocycles. The Bertz CT molecular complexity index is 1300. The van der Waals surface area contributed by atoms with Crippen LogP contribution in [0, 0.1) is 18.3 Å². The number of carbonyl (C=O) groups excluding carboxylic acids is 1. The molecule has 0 radical (unpaired) electrons. The van der Waals surface area contributed by atoms with E-state index in [0.29, 0.717) is 34.4 Å². The fourth-order valence-corrected chi connectivity index (χ4v) is 4.93. The summed E-state index contributed by atoms with van der Waals surface area (Å²) in [5.41, 5.74) is 4.88. The zero-order valence-corrected chi connectivity index (χ0v) is 21.1. The first-order valence-electron chi connectivity index (χ1n) is 11.2. The third-order valence-corrected chi connectivity index (χ3v) is 6.79. The van der Waals surface area contributed by atoms with Crippen LogP contribution in [0.5, 0.6) is 17.2 Å². The number of hydrogen-bond acceptors (Lipinski definition) is 8. The van der Waals surface area contributed by atoms with Crippen molar-refractivity contribution in [1.82, 2.24) is 9.88 Å². The van der Waals surface area contributed by atoms with E-state index >= 15 is 0 Å². The standard InChI is InChI=1S/C27H27N3O4S/c1-17-6-5-7-19(12-17)34-25(31)16-35-27-21(14-28)26(22-15-30(2)11-10-23(22)29-27)20-13-18(32-3)8-9-24(20)33-4/h5-9,12-13H,10-11,15-16H2,1-4H3. The molecule has 35 heavy (non-hydrogen) atoms. The first-order chi connectivity index (χ1) is 16.9. The number of methoxy groups -OCH3 is 2. The molecule has 0 amide bonds. The van der Waals surface area contributed by atoms with Gasteiger partial charge in [-0.3, -0.25) is 4.79 Å². The second kappa shape index (κ2) is 10.8. The highest BCUT2D eigenvalue weighted by molar-refractivity contribution is 7.99. The number of esters is 1. The summed E-state index contributed by atoms with van der Waals surface area (Å²) in [7, 11) is 5.26. The van der Waals surface area contributed by atoms with Gasteiger partial charge in [0.15, 0.2) is 0 Å². The lowest BCUT2D eigenvalue weighted by Crippen LogP contribution is -2.28. The Labute approximate surface area is 209 Å². The Morgan fingerprint density at radius 3 is 2.71 bits per heavy atom. The van der Waals surface area contributed by atoms with Gasteiger partial charge in [0.25, 0.3) is 0 Å². The number of carbonyl (C=O) groups is 1. The lowest BCUT2D eigenvalue weighted by Gasteiger charge is -2.28. The van der Waals surface area contributed by atoms with Gasteiger partial charge in [-0.05, 0) is 55.4 Å². The lowest BCUT2D eigenvalue weighted by atomic mass is 9.91. The Kier molecular flexibility index (Phi) is 7.59. The summed E-state index contributed by atoms with van der Waals surface area (Å²) in [6.07, 6.45) is 0.748. The molecule has 3 aromatic rings. The van der Waals surface area contributed by atoms with Crippen molar-refractivity contribution in [2.45, 2.75) is 24.9 Å². The molecule has 0 saturated carbocycles. The van der Waals surface area contributed by atoms with Gasteiger partial charge in [-0.15, -0.1) is 0 Å². The molecule has 1 aliphatic rings. The molecular weight excluding hydrogens is 462 g/mol. The minimum absolute atomic E-state index is 0.0308. The van der Waals surface area contributed by atoms with Gasteiger partial charge in [0, 0.05) is 36.3 Å². The maximum Gasteiger partial charge on any atom is 0.321 e. The van der Waals surface area contributed by atoms with Gasteiger partial charge in [0.05, 0.1) is 25.5 Å². The molecule has 1 aliphatic heterocycles. The summed E-state index contributed by atoms with van der Waals surface area (Å²) >= 11 is 1.22. The first-order valence-corrected chi connectivity index (χ1v) is 12.2. The van der Waals surface area contributed by atoms with Gasteiger partial charge >= 0.3 is 5.97 Å². The second-order valence-electron chi connectivity index (χ2n) is 8.34. The van der Waals surface area contributed by atoms with E-state index in [2.05, 4.69) is 11.0 Å². The Morgan fingerprint density at radius 1 is 1.17 bits per heavy atom. The predicted octanol–water partition coefficient (Wildman–Crippen LogP) is 4.63. The highest BCUT2D eigenvalue weighted by Crippen LogP contribution is 2.42. The van der Waals surface area contributed by atoms with Crippen LogP contribution in [0.3, 0.4) is 0 Å². The maximum absolute atomic E-state index is 12.6. The number of benzene rings is 2. The molecule has 0 N–H and O–H groups in total. The van der Waals surface area contributed by atoms with E-state index in [1.165, 1.54) is 11.8 Å². The van der Waals surface area contributed by atoms with Gasteiger partial charge in [-0.25, -0.2) is 4.98 Å².